The van der Waals surface area contributed by atoms with E-state index in [4.69, 9.17) is 0 Å². The van der Waals surface area contributed by atoms with Crippen LogP contribution in [0.3, 0.4) is 0 Å². The summed E-state index contributed by atoms with van der Waals surface area (Å²) in [7, 11) is 0. The highest BCUT2D eigenvalue weighted by Gasteiger charge is 2.09. The summed E-state index contributed by atoms with van der Waals surface area (Å²) in [5.41, 5.74) is 1.84. The van der Waals surface area contributed by atoms with Crippen molar-refractivity contribution in [3.63, 3.8) is 0 Å². The topological polar surface area (TPSA) is 95.1 Å². The number of carbonyl (C=O) groups excluding carboxylic acids is 1. The van der Waals surface area contributed by atoms with Gasteiger partial charge in [0.2, 0.25) is 11.8 Å². The van der Waals surface area contributed by atoms with Crippen LogP contribution in [0, 0.1) is 13.8 Å². The van der Waals surface area contributed by atoms with Crippen molar-refractivity contribution in [3.05, 3.63) is 51.3 Å². The summed E-state index contributed by atoms with van der Waals surface area (Å²) in [4.78, 5) is 29.0. The molecule has 98 valence electrons. The van der Waals surface area contributed by atoms with Gasteiger partial charge in [-0.1, -0.05) is 17.2 Å². The summed E-state index contributed by atoms with van der Waals surface area (Å²) in [5.74, 6) is -0.936. The van der Waals surface area contributed by atoms with Crippen LogP contribution in [-0.4, -0.2) is 21.0 Å². The zero-order chi connectivity index (χ0) is 14.0. The maximum atomic E-state index is 12.0. The van der Waals surface area contributed by atoms with Gasteiger partial charge in [-0.3, -0.25) is 19.9 Å². The number of aromatic amines is 1. The highest BCUT2D eigenvalue weighted by atomic mass is 16.3. The molecule has 1 aromatic carbocycles. The summed E-state index contributed by atoms with van der Waals surface area (Å²) >= 11 is 0. The highest BCUT2D eigenvalue weighted by Crippen LogP contribution is 2.11. The SMILES string of the molecule is Cc1cc(C)cc(C(=O)Nc2nc(O)cc(=O)[nH]2)c1. The number of aryl methyl sites for hydroxylation is 2. The molecule has 0 saturated carbocycles. The van der Waals surface area contributed by atoms with Crippen LogP contribution in [0.2, 0.25) is 0 Å². The third kappa shape index (κ3) is 3.19. The highest BCUT2D eigenvalue weighted by molar-refractivity contribution is 6.03. The summed E-state index contributed by atoms with van der Waals surface area (Å²) in [5, 5.41) is 11.6. The monoisotopic (exact) mass is 259 g/mol. The lowest BCUT2D eigenvalue weighted by Gasteiger charge is -2.06. The van der Waals surface area contributed by atoms with Gasteiger partial charge in [0.05, 0.1) is 6.07 Å². The molecule has 6 heteroatoms. The molecular weight excluding hydrogens is 246 g/mol. The number of carbonyl (C=O) groups is 1. The zero-order valence-corrected chi connectivity index (χ0v) is 10.5. The van der Waals surface area contributed by atoms with Crippen molar-refractivity contribution in [2.24, 2.45) is 0 Å². The number of hydrogen-bond acceptors (Lipinski definition) is 4. The van der Waals surface area contributed by atoms with E-state index >= 15 is 0 Å². The van der Waals surface area contributed by atoms with E-state index in [-0.39, 0.29) is 5.95 Å². The Morgan fingerprint density at radius 2 is 1.84 bits per heavy atom. The molecular formula is C13H13N3O3. The van der Waals surface area contributed by atoms with Gasteiger partial charge >= 0.3 is 0 Å². The van der Waals surface area contributed by atoms with Crippen molar-refractivity contribution in [1.29, 1.82) is 0 Å². The van der Waals surface area contributed by atoms with Crippen molar-refractivity contribution in [3.8, 4) is 5.88 Å². The minimum Gasteiger partial charge on any atom is -0.493 e. The van der Waals surface area contributed by atoms with Crippen LogP contribution in [0.1, 0.15) is 21.5 Å². The lowest BCUT2D eigenvalue weighted by atomic mass is 10.1. The Morgan fingerprint density at radius 1 is 1.21 bits per heavy atom. The fraction of sp³-hybridized carbons (Fsp3) is 0.154. The number of aromatic hydroxyl groups is 1. The Labute approximate surface area is 109 Å². The van der Waals surface area contributed by atoms with Crippen LogP contribution in [0.15, 0.2) is 29.1 Å². The second-order valence-electron chi connectivity index (χ2n) is 4.28. The lowest BCUT2D eigenvalue weighted by Crippen LogP contribution is -2.17. The molecule has 0 unspecified atom stereocenters. The fourth-order valence-electron chi connectivity index (χ4n) is 1.79. The molecule has 0 radical (unpaired) electrons. The predicted octanol–water partition coefficient (Wildman–Crippen LogP) is 1.34. The van der Waals surface area contributed by atoms with Gasteiger partial charge in [-0.15, -0.1) is 0 Å². The average molecular weight is 259 g/mol. The van der Waals surface area contributed by atoms with E-state index in [9.17, 15) is 14.7 Å². The van der Waals surface area contributed by atoms with E-state index < -0.39 is 17.3 Å². The number of aromatic nitrogens is 2. The molecule has 6 nitrogen and oxygen atoms in total. The van der Waals surface area contributed by atoms with Crippen molar-refractivity contribution in [2.45, 2.75) is 13.8 Å². The molecule has 0 fully saturated rings. The summed E-state index contributed by atoms with van der Waals surface area (Å²) in [6.07, 6.45) is 0. The number of benzene rings is 1. The third-order valence-electron chi connectivity index (χ3n) is 2.44. The average Bonchev–Trinajstić information content (AvgIpc) is 2.25. The summed E-state index contributed by atoms with van der Waals surface area (Å²) in [6, 6.07) is 6.32. The van der Waals surface area contributed by atoms with E-state index in [0.717, 1.165) is 17.2 Å². The molecule has 1 aromatic heterocycles. The van der Waals surface area contributed by atoms with E-state index in [0.29, 0.717) is 5.56 Å². The van der Waals surface area contributed by atoms with Gasteiger partial charge in [0.15, 0.2) is 0 Å². The Morgan fingerprint density at radius 3 is 2.42 bits per heavy atom. The molecule has 0 aliphatic heterocycles. The molecule has 0 aliphatic carbocycles. The fourth-order valence-corrected chi connectivity index (χ4v) is 1.79. The third-order valence-corrected chi connectivity index (χ3v) is 2.44. The van der Waals surface area contributed by atoms with Crippen molar-refractivity contribution in [2.75, 3.05) is 5.32 Å². The van der Waals surface area contributed by atoms with Crippen LogP contribution >= 0.6 is 0 Å². The van der Waals surface area contributed by atoms with Gasteiger partial charge < -0.3 is 5.11 Å². The largest absolute Gasteiger partial charge is 0.493 e. The van der Waals surface area contributed by atoms with Crippen LogP contribution in [0.25, 0.3) is 0 Å². The van der Waals surface area contributed by atoms with Crippen molar-refractivity contribution >= 4 is 11.9 Å². The second-order valence-corrected chi connectivity index (χ2v) is 4.28. The van der Waals surface area contributed by atoms with E-state index in [1.165, 1.54) is 0 Å². The minimum atomic E-state index is -0.539. The smallest absolute Gasteiger partial charge is 0.257 e. The Hall–Kier alpha value is -2.63. The molecule has 0 spiro atoms. The quantitative estimate of drug-likeness (QED) is 0.758. The number of nitrogens with one attached hydrogen (secondary N) is 2. The Balaban J connectivity index is 2.27. The molecule has 1 amide bonds. The molecule has 0 atom stereocenters. The number of amides is 1. The van der Waals surface area contributed by atoms with Gasteiger partial charge in [0, 0.05) is 5.56 Å². The number of nitrogens with zero attached hydrogens (tertiary/aromatic N) is 1. The Kier molecular flexibility index (Phi) is 3.33. The van der Waals surface area contributed by atoms with Gasteiger partial charge in [-0.05, 0) is 26.0 Å². The first-order valence-electron chi connectivity index (χ1n) is 5.64. The molecule has 0 saturated heterocycles. The molecule has 1 heterocycles. The van der Waals surface area contributed by atoms with Crippen LogP contribution in [-0.2, 0) is 0 Å². The maximum Gasteiger partial charge on any atom is 0.257 e. The van der Waals surface area contributed by atoms with Crippen LogP contribution in [0.5, 0.6) is 5.88 Å². The van der Waals surface area contributed by atoms with Gasteiger partial charge in [-0.2, -0.15) is 4.98 Å². The standard InChI is InChI=1S/C13H13N3O3/c1-7-3-8(2)5-9(4-7)12(19)16-13-14-10(17)6-11(18)15-13/h3-6H,1-2H3,(H3,14,15,16,17,18,19). The number of hydrogen-bond donors (Lipinski definition) is 3. The van der Waals surface area contributed by atoms with Crippen LogP contribution < -0.4 is 10.9 Å². The van der Waals surface area contributed by atoms with Gasteiger partial charge in [-0.25, -0.2) is 0 Å². The number of anilines is 1. The van der Waals surface area contributed by atoms with Crippen LogP contribution in [0.4, 0.5) is 5.95 Å². The molecule has 0 bridgehead atoms. The predicted molar refractivity (Wildman–Crippen MR) is 70.4 cm³/mol. The summed E-state index contributed by atoms with van der Waals surface area (Å²) in [6.45, 7) is 3.77. The van der Waals surface area contributed by atoms with Gasteiger partial charge in [0.25, 0.3) is 11.5 Å². The van der Waals surface area contributed by atoms with E-state index in [1.54, 1.807) is 12.1 Å². The Bertz CT molecular complexity index is 672. The van der Waals surface area contributed by atoms with Gasteiger partial charge in [0.1, 0.15) is 0 Å². The number of H-pyrrole nitrogens is 1. The first-order valence-corrected chi connectivity index (χ1v) is 5.64. The van der Waals surface area contributed by atoms with E-state index in [2.05, 4.69) is 15.3 Å². The first kappa shape index (κ1) is 12.8. The first-order chi connectivity index (χ1) is 8.94. The second kappa shape index (κ2) is 4.93. The summed E-state index contributed by atoms with van der Waals surface area (Å²) < 4.78 is 0. The van der Waals surface area contributed by atoms with E-state index in [1.807, 2.05) is 19.9 Å². The lowest BCUT2D eigenvalue weighted by molar-refractivity contribution is 0.102. The van der Waals surface area contributed by atoms with Crippen molar-refractivity contribution in [1.82, 2.24) is 9.97 Å². The molecule has 2 aromatic rings. The molecule has 0 aliphatic rings. The normalized spacial score (nSPS) is 10.2. The van der Waals surface area contributed by atoms with Crippen molar-refractivity contribution < 1.29 is 9.90 Å². The molecule has 2 rings (SSSR count). The molecule has 3 N–H and O–H groups in total. The minimum absolute atomic E-state index is 0.0887. The molecule has 19 heavy (non-hydrogen) atoms. The number of rotatable bonds is 2. The maximum absolute atomic E-state index is 12.0. The zero-order valence-electron chi connectivity index (χ0n) is 10.5.